The van der Waals surface area contributed by atoms with Crippen molar-refractivity contribution >= 4 is 21.6 Å². The molecule has 6 nitrogen and oxygen atoms in total. The maximum atomic E-state index is 13.0. The number of methoxy groups -OCH3 is 1. The van der Waals surface area contributed by atoms with Crippen molar-refractivity contribution in [3.05, 3.63) is 59.7 Å². The fourth-order valence-electron chi connectivity index (χ4n) is 2.87. The van der Waals surface area contributed by atoms with Gasteiger partial charge in [-0.1, -0.05) is 25.1 Å². The summed E-state index contributed by atoms with van der Waals surface area (Å²) in [4.78, 5) is 12.6. The Morgan fingerprint density at radius 2 is 1.80 bits per heavy atom. The van der Waals surface area contributed by atoms with Crippen molar-refractivity contribution in [1.82, 2.24) is 5.32 Å². The van der Waals surface area contributed by atoms with Gasteiger partial charge in [0.1, 0.15) is 12.3 Å². The average Bonchev–Trinajstić information content (AvgIpc) is 2.69. The predicted molar refractivity (Wildman–Crippen MR) is 108 cm³/mol. The topological polar surface area (TPSA) is 75.7 Å². The monoisotopic (exact) mass is 444 g/mol. The lowest BCUT2D eigenvalue weighted by molar-refractivity contribution is -0.137. The van der Waals surface area contributed by atoms with Crippen molar-refractivity contribution < 1.29 is 31.1 Å². The van der Waals surface area contributed by atoms with Gasteiger partial charge in [-0.15, -0.1) is 0 Å². The van der Waals surface area contributed by atoms with Crippen LogP contribution in [0.3, 0.4) is 0 Å². The molecular formula is C20H23F3N2O4S. The average molecular weight is 444 g/mol. The molecule has 0 fully saturated rings. The minimum Gasteiger partial charge on any atom is -0.497 e. The van der Waals surface area contributed by atoms with E-state index in [9.17, 15) is 26.4 Å². The Balaban J connectivity index is 2.23. The number of ether oxygens (including phenoxy) is 1. The highest BCUT2D eigenvalue weighted by atomic mass is 32.2. The highest BCUT2D eigenvalue weighted by Crippen LogP contribution is 2.32. The van der Waals surface area contributed by atoms with E-state index in [0.717, 1.165) is 24.0 Å². The van der Waals surface area contributed by atoms with E-state index in [1.54, 1.807) is 24.3 Å². The molecule has 1 atom stereocenters. The fourth-order valence-corrected chi connectivity index (χ4v) is 3.71. The second-order valence-electron chi connectivity index (χ2n) is 6.62. The Labute approximate surface area is 173 Å². The highest BCUT2D eigenvalue weighted by Gasteiger charge is 2.32. The SMILES string of the molecule is CC[C@@H](NC(=O)CN(c1cccc(C(F)(F)F)c1)S(C)(=O)=O)c1ccc(OC)cc1. The summed E-state index contributed by atoms with van der Waals surface area (Å²) in [6.07, 6.45) is -3.27. The normalized spacial score (nSPS) is 12.9. The number of benzene rings is 2. The van der Waals surface area contributed by atoms with E-state index in [1.807, 2.05) is 6.92 Å². The molecule has 2 aromatic rings. The smallest absolute Gasteiger partial charge is 0.416 e. The molecule has 0 unspecified atom stereocenters. The number of carbonyl (C=O) groups is 1. The van der Waals surface area contributed by atoms with Gasteiger partial charge in [0.2, 0.25) is 15.9 Å². The molecule has 0 saturated heterocycles. The van der Waals surface area contributed by atoms with Crippen LogP contribution in [0.5, 0.6) is 5.75 Å². The van der Waals surface area contributed by atoms with Gasteiger partial charge >= 0.3 is 6.18 Å². The van der Waals surface area contributed by atoms with Gasteiger partial charge in [-0.05, 0) is 42.3 Å². The maximum absolute atomic E-state index is 13.0. The summed E-state index contributed by atoms with van der Waals surface area (Å²) in [5, 5.41) is 2.73. The van der Waals surface area contributed by atoms with Crippen molar-refractivity contribution in [1.29, 1.82) is 0 Å². The van der Waals surface area contributed by atoms with Crippen LogP contribution in [0.25, 0.3) is 0 Å². The third-order valence-electron chi connectivity index (χ3n) is 4.41. The van der Waals surface area contributed by atoms with Crippen LogP contribution in [0.15, 0.2) is 48.5 Å². The van der Waals surface area contributed by atoms with Gasteiger partial charge in [-0.3, -0.25) is 9.10 Å². The highest BCUT2D eigenvalue weighted by molar-refractivity contribution is 7.92. The Bertz CT molecular complexity index is 976. The first-order valence-corrected chi connectivity index (χ1v) is 10.9. The summed E-state index contributed by atoms with van der Waals surface area (Å²) in [6.45, 7) is 1.20. The van der Waals surface area contributed by atoms with Crippen molar-refractivity contribution in [2.45, 2.75) is 25.6 Å². The van der Waals surface area contributed by atoms with Crippen LogP contribution in [0.4, 0.5) is 18.9 Å². The minimum absolute atomic E-state index is 0.236. The van der Waals surface area contributed by atoms with E-state index in [0.29, 0.717) is 22.5 Å². The second kappa shape index (κ2) is 9.38. The van der Waals surface area contributed by atoms with Gasteiger partial charge in [0.25, 0.3) is 0 Å². The fraction of sp³-hybridized carbons (Fsp3) is 0.350. The molecule has 10 heteroatoms. The van der Waals surface area contributed by atoms with Gasteiger partial charge < -0.3 is 10.1 Å². The third-order valence-corrected chi connectivity index (χ3v) is 5.55. The Morgan fingerprint density at radius 3 is 2.30 bits per heavy atom. The Kier molecular flexibility index (Phi) is 7.35. The molecule has 0 aromatic heterocycles. The summed E-state index contributed by atoms with van der Waals surface area (Å²) in [7, 11) is -2.47. The number of nitrogens with zero attached hydrogens (tertiary/aromatic N) is 1. The maximum Gasteiger partial charge on any atom is 0.416 e. The molecule has 0 saturated carbocycles. The zero-order chi connectivity index (χ0) is 22.5. The molecule has 30 heavy (non-hydrogen) atoms. The number of nitrogens with one attached hydrogen (secondary N) is 1. The summed E-state index contributed by atoms with van der Waals surface area (Å²) in [6, 6.07) is 10.5. The number of sulfonamides is 1. The summed E-state index contributed by atoms with van der Waals surface area (Å²) >= 11 is 0. The first-order chi connectivity index (χ1) is 14.0. The number of hydrogen-bond donors (Lipinski definition) is 1. The second-order valence-corrected chi connectivity index (χ2v) is 8.53. The van der Waals surface area contributed by atoms with Gasteiger partial charge in [0, 0.05) is 0 Å². The number of halogens is 3. The molecule has 2 aromatic carbocycles. The number of rotatable bonds is 8. The van der Waals surface area contributed by atoms with Gasteiger partial charge in [-0.2, -0.15) is 13.2 Å². The number of alkyl halides is 3. The molecule has 0 heterocycles. The molecule has 0 aliphatic rings. The molecule has 0 bridgehead atoms. The van der Waals surface area contributed by atoms with Crippen LogP contribution in [-0.2, 0) is 21.0 Å². The number of amides is 1. The summed E-state index contributed by atoms with van der Waals surface area (Å²) in [5.41, 5.74) is -0.449. The third kappa shape index (κ3) is 6.12. The zero-order valence-electron chi connectivity index (χ0n) is 16.7. The molecule has 0 radical (unpaired) electrons. The first kappa shape index (κ1) is 23.5. The van der Waals surface area contributed by atoms with E-state index < -0.39 is 40.3 Å². The van der Waals surface area contributed by atoms with Crippen molar-refractivity contribution in [2.24, 2.45) is 0 Å². The molecule has 2 rings (SSSR count). The molecule has 0 aliphatic heterocycles. The standard InChI is InChI=1S/C20H23F3N2O4S/c1-4-18(14-8-10-17(29-2)11-9-14)24-19(26)13-25(30(3,27)28)16-7-5-6-15(12-16)20(21,22)23/h5-12,18H,4,13H2,1-3H3,(H,24,26)/t18-/m1/s1. The Morgan fingerprint density at radius 1 is 1.17 bits per heavy atom. The molecule has 164 valence electrons. The molecule has 0 aliphatic carbocycles. The number of carbonyl (C=O) groups excluding carboxylic acids is 1. The van der Waals surface area contributed by atoms with E-state index in [1.165, 1.54) is 13.2 Å². The lowest BCUT2D eigenvalue weighted by Crippen LogP contribution is -2.41. The number of hydrogen-bond acceptors (Lipinski definition) is 4. The molecule has 1 amide bonds. The first-order valence-electron chi connectivity index (χ1n) is 9.04. The molecule has 1 N–H and O–H groups in total. The largest absolute Gasteiger partial charge is 0.497 e. The van der Waals surface area contributed by atoms with Crippen molar-refractivity contribution in [2.75, 3.05) is 24.2 Å². The molecular weight excluding hydrogens is 421 g/mol. The summed E-state index contributed by atoms with van der Waals surface area (Å²) in [5.74, 6) is 0.00762. The van der Waals surface area contributed by atoms with E-state index in [-0.39, 0.29) is 5.69 Å². The van der Waals surface area contributed by atoms with Crippen molar-refractivity contribution in [3.8, 4) is 5.75 Å². The van der Waals surface area contributed by atoms with Gasteiger partial charge in [-0.25, -0.2) is 8.42 Å². The lowest BCUT2D eigenvalue weighted by Gasteiger charge is -2.24. The van der Waals surface area contributed by atoms with Crippen LogP contribution in [0, 0.1) is 0 Å². The zero-order valence-corrected chi connectivity index (χ0v) is 17.5. The van der Waals surface area contributed by atoms with E-state index in [2.05, 4.69) is 5.32 Å². The van der Waals surface area contributed by atoms with Crippen LogP contribution < -0.4 is 14.4 Å². The minimum atomic E-state index is -4.64. The molecule has 0 spiro atoms. The van der Waals surface area contributed by atoms with E-state index >= 15 is 0 Å². The van der Waals surface area contributed by atoms with Crippen LogP contribution in [0.2, 0.25) is 0 Å². The van der Waals surface area contributed by atoms with Gasteiger partial charge in [0.15, 0.2) is 0 Å². The van der Waals surface area contributed by atoms with Crippen molar-refractivity contribution in [3.63, 3.8) is 0 Å². The van der Waals surface area contributed by atoms with Crippen LogP contribution in [-0.4, -0.2) is 34.2 Å². The van der Waals surface area contributed by atoms with Crippen LogP contribution in [0.1, 0.15) is 30.5 Å². The van der Waals surface area contributed by atoms with Crippen LogP contribution >= 0.6 is 0 Å². The van der Waals surface area contributed by atoms with Gasteiger partial charge in [0.05, 0.1) is 30.7 Å². The Hall–Kier alpha value is -2.75. The number of anilines is 1. The predicted octanol–water partition coefficient (Wildman–Crippen LogP) is 3.75. The lowest BCUT2D eigenvalue weighted by atomic mass is 10.0. The summed E-state index contributed by atoms with van der Waals surface area (Å²) < 4.78 is 69.1. The quantitative estimate of drug-likeness (QED) is 0.673. The van der Waals surface area contributed by atoms with E-state index in [4.69, 9.17) is 4.74 Å².